The lowest BCUT2D eigenvalue weighted by Gasteiger charge is -2.34. The monoisotopic (exact) mass is 294 g/mol. The maximum absolute atomic E-state index is 3.74. The van der Waals surface area contributed by atoms with E-state index in [1.165, 1.54) is 43.9 Å². The summed E-state index contributed by atoms with van der Waals surface area (Å²) in [5.41, 5.74) is 0.262. The third kappa shape index (κ3) is 4.06. The molecule has 2 atom stereocenters. The van der Waals surface area contributed by atoms with Crippen molar-refractivity contribution in [2.45, 2.75) is 52.0 Å². The second-order valence-corrected chi connectivity index (χ2v) is 7.84. The van der Waals surface area contributed by atoms with Gasteiger partial charge in [-0.15, -0.1) is 11.3 Å². The highest BCUT2D eigenvalue weighted by Crippen LogP contribution is 2.29. The molecular weight excluding hydrogens is 264 g/mol. The number of thiophene rings is 1. The molecule has 1 N–H and O–H groups in total. The molecule has 1 aliphatic rings. The van der Waals surface area contributed by atoms with Gasteiger partial charge in [0.25, 0.3) is 0 Å². The predicted octanol–water partition coefficient (Wildman–Crippen LogP) is 3.74. The van der Waals surface area contributed by atoms with Crippen LogP contribution in [0.1, 0.15) is 45.4 Å². The van der Waals surface area contributed by atoms with Crippen LogP contribution in [0.3, 0.4) is 0 Å². The van der Waals surface area contributed by atoms with Gasteiger partial charge in [-0.2, -0.15) is 0 Å². The van der Waals surface area contributed by atoms with E-state index < -0.39 is 0 Å². The summed E-state index contributed by atoms with van der Waals surface area (Å²) in [6.07, 6.45) is 2.53. The first-order chi connectivity index (χ1) is 9.53. The molecule has 20 heavy (non-hydrogen) atoms. The van der Waals surface area contributed by atoms with Crippen LogP contribution in [0.15, 0.2) is 17.5 Å². The van der Waals surface area contributed by atoms with E-state index in [9.17, 15) is 0 Å². The van der Waals surface area contributed by atoms with Crippen LogP contribution in [0.4, 0.5) is 0 Å². The molecule has 0 spiro atoms. The van der Waals surface area contributed by atoms with E-state index in [1.807, 2.05) is 11.3 Å². The second-order valence-electron chi connectivity index (χ2n) is 6.90. The number of hydrogen-bond donors (Lipinski definition) is 1. The molecule has 2 rings (SSSR count). The minimum atomic E-state index is 0.262. The van der Waals surface area contributed by atoms with E-state index in [1.54, 1.807) is 0 Å². The molecule has 1 aromatic heterocycles. The molecule has 0 aromatic carbocycles. The number of nitrogens with zero attached hydrogens (tertiary/aromatic N) is 1. The maximum atomic E-state index is 3.74. The van der Waals surface area contributed by atoms with E-state index in [0.29, 0.717) is 6.04 Å². The van der Waals surface area contributed by atoms with Crippen LogP contribution in [0.25, 0.3) is 0 Å². The molecule has 1 fully saturated rings. The molecule has 1 aromatic rings. The summed E-state index contributed by atoms with van der Waals surface area (Å²) in [6, 6.07) is 5.11. The van der Waals surface area contributed by atoms with Crippen molar-refractivity contribution in [3.8, 4) is 0 Å². The van der Waals surface area contributed by atoms with Crippen LogP contribution in [-0.4, -0.2) is 37.1 Å². The minimum Gasteiger partial charge on any atom is -0.312 e. The first kappa shape index (κ1) is 16.0. The number of nitrogens with one attached hydrogen (secondary N) is 1. The molecule has 114 valence electrons. The summed E-state index contributed by atoms with van der Waals surface area (Å²) in [7, 11) is 0. The summed E-state index contributed by atoms with van der Waals surface area (Å²) in [4.78, 5) is 4.19. The molecule has 2 heterocycles. The van der Waals surface area contributed by atoms with Gasteiger partial charge in [-0.25, -0.2) is 0 Å². The summed E-state index contributed by atoms with van der Waals surface area (Å²) in [5.74, 6) is 0.764. The van der Waals surface area contributed by atoms with E-state index in [0.717, 1.165) is 5.92 Å². The van der Waals surface area contributed by atoms with Crippen LogP contribution in [0.2, 0.25) is 0 Å². The normalized spacial score (nSPS) is 23.5. The van der Waals surface area contributed by atoms with Crippen molar-refractivity contribution >= 4 is 11.3 Å². The maximum Gasteiger partial charge on any atom is 0.0220 e. The quantitative estimate of drug-likeness (QED) is 0.890. The van der Waals surface area contributed by atoms with Gasteiger partial charge in [0.1, 0.15) is 0 Å². The lowest BCUT2D eigenvalue weighted by atomic mass is 9.90. The van der Waals surface area contributed by atoms with Gasteiger partial charge < -0.3 is 10.2 Å². The fourth-order valence-electron chi connectivity index (χ4n) is 3.13. The second kappa shape index (κ2) is 7.06. The van der Waals surface area contributed by atoms with Gasteiger partial charge in [0.15, 0.2) is 0 Å². The van der Waals surface area contributed by atoms with Gasteiger partial charge in [0.05, 0.1) is 0 Å². The van der Waals surface area contributed by atoms with Crippen LogP contribution in [0.5, 0.6) is 0 Å². The molecule has 2 unspecified atom stereocenters. The van der Waals surface area contributed by atoms with E-state index in [-0.39, 0.29) is 5.41 Å². The molecule has 0 saturated carbocycles. The van der Waals surface area contributed by atoms with Crippen molar-refractivity contribution in [3.63, 3.8) is 0 Å². The van der Waals surface area contributed by atoms with Crippen LogP contribution in [-0.2, 0) is 5.41 Å². The summed E-state index contributed by atoms with van der Waals surface area (Å²) in [6.45, 7) is 14.2. The third-order valence-corrected chi connectivity index (χ3v) is 5.89. The van der Waals surface area contributed by atoms with Gasteiger partial charge >= 0.3 is 0 Å². The highest BCUT2D eigenvalue weighted by molar-refractivity contribution is 7.10. The molecule has 0 amide bonds. The zero-order chi connectivity index (χ0) is 14.6. The predicted molar refractivity (Wildman–Crippen MR) is 89.6 cm³/mol. The Balaban J connectivity index is 2.00. The molecule has 0 bridgehead atoms. The molecule has 1 saturated heterocycles. The van der Waals surface area contributed by atoms with Gasteiger partial charge in [0.2, 0.25) is 0 Å². The Kier molecular flexibility index (Phi) is 5.65. The highest BCUT2D eigenvalue weighted by Gasteiger charge is 2.28. The average molecular weight is 295 g/mol. The van der Waals surface area contributed by atoms with Crippen molar-refractivity contribution in [1.29, 1.82) is 0 Å². The van der Waals surface area contributed by atoms with Crippen molar-refractivity contribution in [3.05, 3.63) is 22.4 Å². The molecular formula is C17H30N2S. The first-order valence-electron chi connectivity index (χ1n) is 8.02. The molecule has 0 aliphatic carbocycles. The van der Waals surface area contributed by atoms with E-state index in [2.05, 4.69) is 55.4 Å². The molecule has 1 aliphatic heterocycles. The molecule has 3 heteroatoms. The Morgan fingerprint density at radius 3 is 2.95 bits per heavy atom. The zero-order valence-electron chi connectivity index (χ0n) is 13.5. The average Bonchev–Trinajstić information content (AvgIpc) is 2.87. The lowest BCUT2D eigenvalue weighted by molar-refractivity contribution is 0.203. The van der Waals surface area contributed by atoms with Crippen molar-refractivity contribution in [1.82, 2.24) is 10.2 Å². The van der Waals surface area contributed by atoms with Crippen LogP contribution in [0, 0.1) is 5.92 Å². The lowest BCUT2D eigenvalue weighted by Crippen LogP contribution is -2.45. The largest absolute Gasteiger partial charge is 0.312 e. The Bertz CT molecular complexity index is 386. The topological polar surface area (TPSA) is 15.3 Å². The molecule has 2 nitrogen and oxygen atoms in total. The highest BCUT2D eigenvalue weighted by atomic mass is 32.1. The Labute approximate surface area is 128 Å². The van der Waals surface area contributed by atoms with Gasteiger partial charge in [-0.3, -0.25) is 0 Å². The zero-order valence-corrected chi connectivity index (χ0v) is 14.3. The summed E-state index contributed by atoms with van der Waals surface area (Å²) in [5, 5.41) is 5.94. The smallest absolute Gasteiger partial charge is 0.0220 e. The molecule has 0 radical (unpaired) electrons. The minimum absolute atomic E-state index is 0.262. The first-order valence-corrected chi connectivity index (χ1v) is 8.90. The van der Waals surface area contributed by atoms with Gasteiger partial charge in [-0.05, 0) is 36.9 Å². The van der Waals surface area contributed by atoms with E-state index in [4.69, 9.17) is 0 Å². The number of rotatable bonds is 5. The number of hydrogen-bond acceptors (Lipinski definition) is 3. The third-order valence-electron chi connectivity index (χ3n) is 4.65. The summed E-state index contributed by atoms with van der Waals surface area (Å²) >= 11 is 1.89. The Morgan fingerprint density at radius 1 is 1.50 bits per heavy atom. The van der Waals surface area contributed by atoms with Crippen LogP contribution < -0.4 is 5.32 Å². The van der Waals surface area contributed by atoms with Crippen molar-refractivity contribution in [2.24, 2.45) is 5.92 Å². The fraction of sp³-hybridized carbons (Fsp3) is 0.765. The van der Waals surface area contributed by atoms with Crippen molar-refractivity contribution in [2.75, 3.05) is 26.2 Å². The van der Waals surface area contributed by atoms with Crippen LogP contribution >= 0.6 is 11.3 Å². The Hall–Kier alpha value is -0.380. The standard InChI is InChI=1S/C17H30N2S/c1-5-14(2)15-12-19(10-7-9-18-15)13-17(3,4)16-8-6-11-20-16/h6,8,11,14-15,18H,5,7,9-10,12-13H2,1-4H3. The van der Waals surface area contributed by atoms with E-state index >= 15 is 0 Å². The summed E-state index contributed by atoms with van der Waals surface area (Å²) < 4.78 is 0. The van der Waals surface area contributed by atoms with Gasteiger partial charge in [-0.1, -0.05) is 40.2 Å². The van der Waals surface area contributed by atoms with Gasteiger partial charge in [0, 0.05) is 29.4 Å². The fourth-order valence-corrected chi connectivity index (χ4v) is 3.98. The Morgan fingerprint density at radius 2 is 2.30 bits per heavy atom. The van der Waals surface area contributed by atoms with Crippen molar-refractivity contribution < 1.29 is 0 Å². The SMILES string of the molecule is CCC(C)C1CN(CC(C)(C)c2cccs2)CCCN1.